The average Bonchev–Trinajstić information content (AvgIpc) is 2.46. The molecule has 0 aromatic heterocycles. The third-order valence-electron chi connectivity index (χ3n) is 2.91. The van der Waals surface area contributed by atoms with E-state index in [0.717, 1.165) is 16.9 Å². The van der Waals surface area contributed by atoms with E-state index in [1.807, 2.05) is 24.3 Å². The molecule has 0 aliphatic heterocycles. The third-order valence-corrected chi connectivity index (χ3v) is 3.48. The quantitative estimate of drug-likeness (QED) is 0.840. The molecule has 0 spiro atoms. The first-order chi connectivity index (χ1) is 9.13. The van der Waals surface area contributed by atoms with Crippen LogP contribution in [0.25, 0.3) is 0 Å². The van der Waals surface area contributed by atoms with Crippen LogP contribution in [0.3, 0.4) is 0 Å². The highest BCUT2D eigenvalue weighted by atomic mass is 32.1. The van der Waals surface area contributed by atoms with Crippen molar-refractivity contribution in [3.63, 3.8) is 0 Å². The molecule has 1 atom stereocenters. The maximum atomic E-state index is 10.8. The zero-order valence-corrected chi connectivity index (χ0v) is 11.3. The lowest BCUT2D eigenvalue weighted by Gasteiger charge is -2.15. The van der Waals surface area contributed by atoms with Gasteiger partial charge in [-0.15, -0.1) is 0 Å². The minimum atomic E-state index is -0.931. The molecule has 2 aromatic carbocycles. The summed E-state index contributed by atoms with van der Waals surface area (Å²) in [4.78, 5) is 10.8. The highest BCUT2D eigenvalue weighted by Crippen LogP contribution is 2.34. The third kappa shape index (κ3) is 2.90. The predicted octanol–water partition coefficient (Wildman–Crippen LogP) is 3.41. The number of carboxylic acid groups (broad SMARTS) is 1. The minimum Gasteiger partial charge on any atom is -0.496 e. The normalized spacial score (nSPS) is 11.9. The van der Waals surface area contributed by atoms with Crippen LogP contribution in [0.2, 0.25) is 0 Å². The first kappa shape index (κ1) is 13.5. The van der Waals surface area contributed by atoms with Crippen LogP contribution in [0.4, 0.5) is 0 Å². The van der Waals surface area contributed by atoms with E-state index in [1.165, 1.54) is 0 Å². The number of carboxylic acids is 1. The molecule has 0 saturated heterocycles. The molecule has 3 nitrogen and oxygen atoms in total. The van der Waals surface area contributed by atoms with Crippen molar-refractivity contribution in [3.05, 3.63) is 65.2 Å². The molecule has 0 radical (unpaired) electrons. The molecule has 4 heteroatoms. The zero-order valence-electron chi connectivity index (χ0n) is 10.4. The fraction of sp³-hybridized carbons (Fsp3) is 0.133. The standard InChI is InChI=1S/C15H14O3S/c1-18-13-5-3-2-4-12(13)14(19)10-6-8-11(9-7-10)15(16)17/h2-9,14,19H,1H3,(H,16,17). The Labute approximate surface area is 117 Å². The van der Waals surface area contributed by atoms with Gasteiger partial charge in [-0.3, -0.25) is 0 Å². The Balaban J connectivity index is 2.33. The molecule has 0 amide bonds. The Hall–Kier alpha value is -1.94. The Morgan fingerprint density at radius 3 is 2.37 bits per heavy atom. The van der Waals surface area contributed by atoms with Crippen LogP contribution in [0.5, 0.6) is 5.75 Å². The van der Waals surface area contributed by atoms with Crippen molar-refractivity contribution in [1.82, 2.24) is 0 Å². The molecule has 0 fully saturated rings. The topological polar surface area (TPSA) is 46.5 Å². The van der Waals surface area contributed by atoms with Crippen molar-refractivity contribution in [2.75, 3.05) is 7.11 Å². The van der Waals surface area contributed by atoms with Crippen LogP contribution in [-0.2, 0) is 0 Å². The number of thiol groups is 1. The van der Waals surface area contributed by atoms with Crippen LogP contribution < -0.4 is 4.74 Å². The summed E-state index contributed by atoms with van der Waals surface area (Å²) in [6.07, 6.45) is 0. The van der Waals surface area contributed by atoms with E-state index < -0.39 is 5.97 Å². The van der Waals surface area contributed by atoms with E-state index in [1.54, 1.807) is 31.4 Å². The molecular weight excluding hydrogens is 260 g/mol. The molecule has 19 heavy (non-hydrogen) atoms. The second-order valence-electron chi connectivity index (χ2n) is 4.07. The van der Waals surface area contributed by atoms with Crippen LogP contribution in [0.15, 0.2) is 48.5 Å². The molecule has 2 aromatic rings. The maximum absolute atomic E-state index is 10.8. The van der Waals surface area contributed by atoms with Crippen LogP contribution >= 0.6 is 12.6 Å². The highest BCUT2D eigenvalue weighted by Gasteiger charge is 2.14. The molecule has 1 unspecified atom stereocenters. The van der Waals surface area contributed by atoms with Gasteiger partial charge in [-0.25, -0.2) is 4.79 Å². The van der Waals surface area contributed by atoms with Crippen LogP contribution in [0, 0.1) is 0 Å². The van der Waals surface area contributed by atoms with E-state index >= 15 is 0 Å². The van der Waals surface area contributed by atoms with Crippen molar-refractivity contribution in [2.45, 2.75) is 5.25 Å². The fourth-order valence-electron chi connectivity index (χ4n) is 1.88. The lowest BCUT2D eigenvalue weighted by atomic mass is 10.0. The molecule has 2 rings (SSSR count). The van der Waals surface area contributed by atoms with Gasteiger partial charge in [0.2, 0.25) is 0 Å². The number of benzene rings is 2. The Bertz CT molecular complexity index is 578. The van der Waals surface area contributed by atoms with Gasteiger partial charge < -0.3 is 9.84 Å². The van der Waals surface area contributed by atoms with E-state index in [-0.39, 0.29) is 10.8 Å². The van der Waals surface area contributed by atoms with Crippen LogP contribution in [0.1, 0.15) is 26.7 Å². The van der Waals surface area contributed by atoms with Gasteiger partial charge in [0.05, 0.1) is 17.9 Å². The molecule has 1 N–H and O–H groups in total. The van der Waals surface area contributed by atoms with Crippen molar-refractivity contribution in [2.24, 2.45) is 0 Å². The Morgan fingerprint density at radius 1 is 1.16 bits per heavy atom. The van der Waals surface area contributed by atoms with Gasteiger partial charge in [-0.2, -0.15) is 12.6 Å². The van der Waals surface area contributed by atoms with Gasteiger partial charge in [-0.1, -0.05) is 30.3 Å². The van der Waals surface area contributed by atoms with Gasteiger partial charge in [-0.05, 0) is 23.8 Å². The molecule has 0 aliphatic carbocycles. The van der Waals surface area contributed by atoms with E-state index in [0.29, 0.717) is 0 Å². The van der Waals surface area contributed by atoms with Gasteiger partial charge >= 0.3 is 5.97 Å². The van der Waals surface area contributed by atoms with E-state index in [2.05, 4.69) is 12.6 Å². The monoisotopic (exact) mass is 274 g/mol. The highest BCUT2D eigenvalue weighted by molar-refractivity contribution is 7.80. The lowest BCUT2D eigenvalue weighted by molar-refractivity contribution is 0.0697. The molecular formula is C15H14O3S. The van der Waals surface area contributed by atoms with Gasteiger partial charge in [0.25, 0.3) is 0 Å². The largest absolute Gasteiger partial charge is 0.496 e. The van der Waals surface area contributed by atoms with E-state index in [9.17, 15) is 4.79 Å². The fourth-order valence-corrected chi connectivity index (χ4v) is 2.27. The van der Waals surface area contributed by atoms with Gasteiger partial charge in [0.15, 0.2) is 0 Å². The number of carbonyl (C=O) groups is 1. The minimum absolute atomic E-state index is 0.154. The molecule has 0 bridgehead atoms. The SMILES string of the molecule is COc1ccccc1C(S)c1ccc(C(=O)O)cc1. The predicted molar refractivity (Wildman–Crippen MR) is 77.2 cm³/mol. The zero-order chi connectivity index (χ0) is 13.8. The summed E-state index contributed by atoms with van der Waals surface area (Å²) in [6, 6.07) is 14.3. The summed E-state index contributed by atoms with van der Waals surface area (Å²) in [6.45, 7) is 0. The average molecular weight is 274 g/mol. The number of methoxy groups -OCH3 is 1. The van der Waals surface area contributed by atoms with Crippen LogP contribution in [-0.4, -0.2) is 18.2 Å². The summed E-state index contributed by atoms with van der Waals surface area (Å²) in [5.74, 6) is -0.163. The van der Waals surface area contributed by atoms with Crippen molar-refractivity contribution >= 4 is 18.6 Å². The summed E-state index contributed by atoms with van der Waals surface area (Å²) >= 11 is 4.59. The molecule has 0 aliphatic rings. The van der Waals surface area contributed by atoms with Crippen molar-refractivity contribution < 1.29 is 14.6 Å². The van der Waals surface area contributed by atoms with E-state index in [4.69, 9.17) is 9.84 Å². The number of hydrogen-bond donors (Lipinski definition) is 2. The molecule has 0 heterocycles. The molecule has 98 valence electrons. The number of ether oxygens (including phenoxy) is 1. The Kier molecular flexibility index (Phi) is 4.12. The molecule has 0 saturated carbocycles. The number of rotatable bonds is 4. The van der Waals surface area contributed by atoms with Crippen molar-refractivity contribution in [3.8, 4) is 5.75 Å². The summed E-state index contributed by atoms with van der Waals surface area (Å²) in [5, 5.41) is 8.72. The number of aromatic carboxylic acids is 1. The second kappa shape index (κ2) is 5.80. The first-order valence-electron chi connectivity index (χ1n) is 5.77. The first-order valence-corrected chi connectivity index (χ1v) is 6.29. The smallest absolute Gasteiger partial charge is 0.335 e. The van der Waals surface area contributed by atoms with Gasteiger partial charge in [0, 0.05) is 5.56 Å². The maximum Gasteiger partial charge on any atom is 0.335 e. The number of para-hydroxylation sites is 1. The summed E-state index contributed by atoms with van der Waals surface area (Å²) in [7, 11) is 1.62. The van der Waals surface area contributed by atoms with Gasteiger partial charge in [0.1, 0.15) is 5.75 Å². The summed E-state index contributed by atoms with van der Waals surface area (Å²) in [5.41, 5.74) is 2.15. The lowest BCUT2D eigenvalue weighted by Crippen LogP contribution is -1.99. The summed E-state index contributed by atoms with van der Waals surface area (Å²) < 4.78 is 5.31. The van der Waals surface area contributed by atoms with Crippen molar-refractivity contribution in [1.29, 1.82) is 0 Å². The second-order valence-corrected chi connectivity index (χ2v) is 4.59. The Morgan fingerprint density at radius 2 is 1.79 bits per heavy atom. The number of hydrogen-bond acceptors (Lipinski definition) is 3.